The van der Waals surface area contributed by atoms with Crippen LogP contribution >= 0.6 is 0 Å². The fourth-order valence-corrected chi connectivity index (χ4v) is 7.17. The number of hydrogen-bond acceptors (Lipinski definition) is 10. The van der Waals surface area contributed by atoms with Gasteiger partial charge < -0.3 is 23.9 Å². The van der Waals surface area contributed by atoms with Crippen LogP contribution in [0.3, 0.4) is 0 Å². The largest absolute Gasteiger partial charge is 0.497 e. The lowest BCUT2D eigenvalue weighted by Crippen LogP contribution is -2.56. The molecule has 13 nitrogen and oxygen atoms in total. The lowest BCUT2D eigenvalue weighted by molar-refractivity contribution is -0.131. The molecule has 1 aromatic carbocycles. The maximum absolute atomic E-state index is 13.9. The van der Waals surface area contributed by atoms with E-state index >= 15 is 0 Å². The fraction of sp³-hybridized carbons (Fsp3) is 0.455. The minimum absolute atomic E-state index is 0.0115. The molecule has 3 aliphatic rings. The average molecular weight is 667 g/mol. The molecule has 3 aromatic rings. The van der Waals surface area contributed by atoms with Crippen LogP contribution in [-0.4, -0.2) is 78.4 Å². The SMILES string of the molecule is C=C[C@@H]1C[C@]1(NC(=O)C1C[C@@H](Oc2nc(-c3ccoc3)cc3cc(OC)ccc23)CN1C(=O)OC(C)(C)C)C(=O)NS(=O)(=O)C1CC1. The lowest BCUT2D eigenvalue weighted by atomic mass is 10.1. The van der Waals surface area contributed by atoms with Gasteiger partial charge in [0.25, 0.3) is 5.91 Å². The Morgan fingerprint density at radius 1 is 1.17 bits per heavy atom. The number of furan rings is 1. The van der Waals surface area contributed by atoms with E-state index in [9.17, 15) is 22.8 Å². The van der Waals surface area contributed by atoms with E-state index in [0.717, 1.165) is 10.9 Å². The number of methoxy groups -OCH3 is 1. The van der Waals surface area contributed by atoms with Crippen LogP contribution in [-0.2, 0) is 24.3 Å². The summed E-state index contributed by atoms with van der Waals surface area (Å²) in [6.45, 7) is 8.88. The van der Waals surface area contributed by atoms with Crippen LogP contribution < -0.4 is 19.5 Å². The summed E-state index contributed by atoms with van der Waals surface area (Å²) >= 11 is 0. The third kappa shape index (κ3) is 6.64. The maximum atomic E-state index is 13.9. The number of carbonyl (C=O) groups excluding carboxylic acids is 3. The predicted octanol–water partition coefficient (Wildman–Crippen LogP) is 3.93. The zero-order valence-electron chi connectivity index (χ0n) is 26.6. The van der Waals surface area contributed by atoms with Crippen LogP contribution in [0.5, 0.6) is 11.6 Å². The minimum atomic E-state index is -3.86. The number of carbonyl (C=O) groups is 3. The van der Waals surface area contributed by atoms with Gasteiger partial charge in [-0.25, -0.2) is 18.2 Å². The van der Waals surface area contributed by atoms with E-state index in [1.165, 1.54) is 17.2 Å². The van der Waals surface area contributed by atoms with Gasteiger partial charge in [0, 0.05) is 23.3 Å². The molecule has 4 atom stereocenters. The predicted molar refractivity (Wildman–Crippen MR) is 171 cm³/mol. The van der Waals surface area contributed by atoms with Gasteiger partial charge in [-0.1, -0.05) is 6.08 Å². The molecule has 6 rings (SSSR count). The molecule has 0 spiro atoms. The van der Waals surface area contributed by atoms with Crippen molar-refractivity contribution in [3.63, 3.8) is 0 Å². The summed E-state index contributed by atoms with van der Waals surface area (Å²) in [4.78, 5) is 46.7. The number of nitrogens with one attached hydrogen (secondary N) is 2. The number of fused-ring (bicyclic) bond motifs is 1. The first-order valence-electron chi connectivity index (χ1n) is 15.4. The number of ether oxygens (including phenoxy) is 3. The van der Waals surface area contributed by atoms with Crippen molar-refractivity contribution in [1.29, 1.82) is 0 Å². The monoisotopic (exact) mass is 666 g/mol. The zero-order valence-corrected chi connectivity index (χ0v) is 27.5. The van der Waals surface area contributed by atoms with Crippen LogP contribution in [0.15, 0.2) is 59.9 Å². The second-order valence-corrected chi connectivity index (χ2v) is 15.2. The summed E-state index contributed by atoms with van der Waals surface area (Å²) in [5, 5.41) is 3.63. The average Bonchev–Trinajstić information content (AvgIpc) is 3.88. The molecule has 1 saturated heterocycles. The van der Waals surface area contributed by atoms with Crippen LogP contribution in [0.4, 0.5) is 4.79 Å². The van der Waals surface area contributed by atoms with Crippen molar-refractivity contribution in [2.45, 2.75) is 75.0 Å². The van der Waals surface area contributed by atoms with E-state index in [-0.39, 0.29) is 25.3 Å². The Balaban J connectivity index is 1.28. The molecule has 2 saturated carbocycles. The highest BCUT2D eigenvalue weighted by Gasteiger charge is 2.62. The number of rotatable bonds is 10. The van der Waals surface area contributed by atoms with Crippen LogP contribution in [0, 0.1) is 5.92 Å². The molecule has 2 aliphatic carbocycles. The molecule has 47 heavy (non-hydrogen) atoms. The quantitative estimate of drug-likeness (QED) is 0.303. The fourth-order valence-electron chi connectivity index (χ4n) is 5.81. The van der Waals surface area contributed by atoms with Crippen LogP contribution in [0.2, 0.25) is 0 Å². The summed E-state index contributed by atoms with van der Waals surface area (Å²) in [6.07, 6.45) is 4.37. The molecule has 0 bridgehead atoms. The third-order valence-electron chi connectivity index (χ3n) is 8.54. The Hall–Kier alpha value is -4.59. The molecule has 3 fully saturated rings. The second-order valence-electron chi connectivity index (χ2n) is 13.2. The molecule has 2 aromatic heterocycles. The van der Waals surface area contributed by atoms with Crippen molar-refractivity contribution in [3.05, 3.63) is 55.5 Å². The highest BCUT2D eigenvalue weighted by molar-refractivity contribution is 7.91. The van der Waals surface area contributed by atoms with Gasteiger partial charge in [-0.05, 0) is 75.8 Å². The molecule has 3 heterocycles. The Morgan fingerprint density at radius 3 is 2.55 bits per heavy atom. The highest BCUT2D eigenvalue weighted by Crippen LogP contribution is 2.45. The summed E-state index contributed by atoms with van der Waals surface area (Å²) in [5.41, 5.74) is -1.04. The Morgan fingerprint density at radius 2 is 1.94 bits per heavy atom. The van der Waals surface area contributed by atoms with E-state index in [2.05, 4.69) is 16.6 Å². The normalized spacial score (nSPS) is 24.0. The summed E-state index contributed by atoms with van der Waals surface area (Å²) in [6, 6.07) is 8.02. The first-order valence-corrected chi connectivity index (χ1v) is 17.0. The van der Waals surface area contributed by atoms with E-state index in [1.54, 1.807) is 46.3 Å². The van der Waals surface area contributed by atoms with E-state index < -0.39 is 62.4 Å². The van der Waals surface area contributed by atoms with Crippen molar-refractivity contribution in [1.82, 2.24) is 19.9 Å². The molecule has 14 heteroatoms. The number of pyridine rings is 1. The molecule has 1 aliphatic heterocycles. The second kappa shape index (κ2) is 11.9. The third-order valence-corrected chi connectivity index (χ3v) is 10.4. The van der Waals surface area contributed by atoms with Gasteiger partial charge in [-0.2, -0.15) is 0 Å². The summed E-state index contributed by atoms with van der Waals surface area (Å²) in [5.74, 6) is -1.02. The van der Waals surface area contributed by atoms with E-state index in [0.29, 0.717) is 29.7 Å². The number of amides is 3. The molecule has 2 N–H and O–H groups in total. The Bertz CT molecular complexity index is 1830. The number of likely N-dealkylation sites (tertiary alicyclic amines) is 1. The van der Waals surface area contributed by atoms with Crippen LogP contribution in [0.1, 0.15) is 46.5 Å². The van der Waals surface area contributed by atoms with Crippen molar-refractivity contribution in [2.75, 3.05) is 13.7 Å². The van der Waals surface area contributed by atoms with E-state index in [4.69, 9.17) is 23.6 Å². The van der Waals surface area contributed by atoms with E-state index in [1.807, 2.05) is 18.2 Å². The number of sulfonamides is 1. The number of benzene rings is 1. The van der Waals surface area contributed by atoms with Gasteiger partial charge >= 0.3 is 6.09 Å². The molecule has 0 radical (unpaired) electrons. The minimum Gasteiger partial charge on any atom is -0.497 e. The van der Waals surface area contributed by atoms with Gasteiger partial charge in [0.1, 0.15) is 29.0 Å². The Labute approximate surface area is 272 Å². The van der Waals surface area contributed by atoms with Gasteiger partial charge in [0.15, 0.2) is 0 Å². The molecular weight excluding hydrogens is 628 g/mol. The van der Waals surface area contributed by atoms with Gasteiger partial charge in [-0.3, -0.25) is 19.2 Å². The van der Waals surface area contributed by atoms with Gasteiger partial charge in [-0.15, -0.1) is 6.58 Å². The molecule has 250 valence electrons. The standard InChI is InChI=1S/C33H38N4O9S/c1-6-21-16-33(21,30(39)36-47(41,42)24-8-9-24)35-28(38)27-15-23(17-37(27)31(40)46-32(2,3)4)45-29-25-10-7-22(43-5)13-20(25)14-26(34-29)19-11-12-44-18-19/h6-7,10-14,18,21,23-24,27H,1,8-9,15-17H2,2-5H3,(H,35,38)(H,36,39)/t21-,23-,27?,33-/m1/s1. The smallest absolute Gasteiger partial charge is 0.411 e. The molecule has 1 unspecified atom stereocenters. The van der Waals surface area contributed by atoms with Crippen LogP contribution in [0.25, 0.3) is 22.0 Å². The van der Waals surface area contributed by atoms with Crippen molar-refractivity contribution >= 4 is 38.7 Å². The van der Waals surface area contributed by atoms with Crippen molar-refractivity contribution in [2.24, 2.45) is 5.92 Å². The maximum Gasteiger partial charge on any atom is 0.411 e. The highest BCUT2D eigenvalue weighted by atomic mass is 32.2. The number of aromatic nitrogens is 1. The van der Waals surface area contributed by atoms with Crippen molar-refractivity contribution < 1.29 is 41.4 Å². The summed E-state index contributed by atoms with van der Waals surface area (Å²) < 4.78 is 50.0. The topological polar surface area (TPSA) is 166 Å². The van der Waals surface area contributed by atoms with Gasteiger partial charge in [0.2, 0.25) is 21.8 Å². The lowest BCUT2D eigenvalue weighted by Gasteiger charge is -2.29. The Kier molecular flexibility index (Phi) is 8.19. The number of nitrogens with zero attached hydrogens (tertiary/aromatic N) is 2. The molecular formula is C33H38N4O9S. The summed E-state index contributed by atoms with van der Waals surface area (Å²) in [7, 11) is -2.28. The van der Waals surface area contributed by atoms with Gasteiger partial charge in [0.05, 0.1) is 37.1 Å². The first kappa shape index (κ1) is 32.4. The zero-order chi connectivity index (χ0) is 33.7. The molecule has 3 amide bonds. The first-order chi connectivity index (χ1) is 22.2. The number of hydrogen-bond donors (Lipinski definition) is 2. The van der Waals surface area contributed by atoms with Crippen molar-refractivity contribution in [3.8, 4) is 22.9 Å².